The fourth-order valence-corrected chi connectivity index (χ4v) is 5.32. The number of thiazole rings is 1. The Morgan fingerprint density at radius 1 is 1.00 bits per heavy atom. The summed E-state index contributed by atoms with van der Waals surface area (Å²) in [5.74, 6) is -0.304. The molecular weight excluding hydrogens is 442 g/mol. The minimum absolute atomic E-state index is 0.0419. The van der Waals surface area contributed by atoms with Crippen LogP contribution in [0.3, 0.4) is 0 Å². The van der Waals surface area contributed by atoms with E-state index in [0.717, 1.165) is 33.6 Å². The number of aryl methyl sites for hydroxylation is 2. The molecule has 0 aliphatic rings. The lowest BCUT2D eigenvalue weighted by Gasteiger charge is -2.10. The van der Waals surface area contributed by atoms with Crippen LogP contribution in [0.5, 0.6) is 0 Å². The van der Waals surface area contributed by atoms with Gasteiger partial charge in [-0.15, -0.1) is 11.3 Å². The molecule has 2 N–H and O–H groups in total. The van der Waals surface area contributed by atoms with Crippen molar-refractivity contribution in [1.29, 1.82) is 0 Å². The average Bonchev–Trinajstić information content (AvgIpc) is 3.21. The number of sulfonamides is 1. The molecule has 1 aromatic heterocycles. The van der Waals surface area contributed by atoms with E-state index in [9.17, 15) is 13.2 Å². The second kappa shape index (κ2) is 9.50. The quantitative estimate of drug-likeness (QED) is 0.367. The first-order valence-electron chi connectivity index (χ1n) is 10.2. The predicted molar refractivity (Wildman–Crippen MR) is 129 cm³/mol. The van der Waals surface area contributed by atoms with Crippen molar-refractivity contribution >= 4 is 43.2 Å². The van der Waals surface area contributed by atoms with Crippen LogP contribution in [-0.2, 0) is 16.4 Å². The van der Waals surface area contributed by atoms with Crippen LogP contribution in [0.1, 0.15) is 27.3 Å². The smallest absolute Gasteiger partial charge is 0.261 e. The fourth-order valence-electron chi connectivity index (χ4n) is 3.21. The van der Waals surface area contributed by atoms with Crippen LogP contribution in [-0.4, -0.2) is 25.9 Å². The molecule has 0 saturated heterocycles. The third-order valence-corrected chi connectivity index (χ3v) is 7.38. The Morgan fingerprint density at radius 2 is 1.78 bits per heavy atom. The van der Waals surface area contributed by atoms with E-state index in [1.165, 1.54) is 12.1 Å². The number of benzene rings is 3. The molecule has 164 valence electrons. The molecule has 1 amide bonds. The van der Waals surface area contributed by atoms with Gasteiger partial charge in [-0.05, 0) is 55.8 Å². The highest BCUT2D eigenvalue weighted by atomic mass is 32.2. The standard InChI is InChI=1S/C24H23N3O3S2/c1-17-11-13-19(14-12-17)27-32(29,30)20-7-4-6-18(16-20)24(28)25-15-5-10-23-26-21-8-2-3-9-22(21)31-23/h2-4,6-9,11-14,16,27H,5,10,15H2,1H3,(H,25,28). The van der Waals surface area contributed by atoms with Gasteiger partial charge in [0, 0.05) is 24.2 Å². The first-order chi connectivity index (χ1) is 15.4. The van der Waals surface area contributed by atoms with E-state index in [4.69, 9.17) is 0 Å². The normalized spacial score (nSPS) is 11.4. The summed E-state index contributed by atoms with van der Waals surface area (Å²) in [6, 6.07) is 21.1. The molecule has 3 aromatic carbocycles. The Balaban J connectivity index is 1.34. The second-order valence-electron chi connectivity index (χ2n) is 7.43. The third-order valence-electron chi connectivity index (χ3n) is 4.90. The van der Waals surface area contributed by atoms with Crippen LogP contribution < -0.4 is 10.0 Å². The molecule has 0 atom stereocenters. The maximum atomic E-state index is 12.7. The molecule has 0 spiro atoms. The van der Waals surface area contributed by atoms with Gasteiger partial charge in [0.1, 0.15) is 0 Å². The van der Waals surface area contributed by atoms with E-state index in [-0.39, 0.29) is 10.8 Å². The summed E-state index contributed by atoms with van der Waals surface area (Å²) in [5, 5.41) is 3.90. The maximum absolute atomic E-state index is 12.7. The van der Waals surface area contributed by atoms with Crippen molar-refractivity contribution in [3.05, 3.63) is 88.9 Å². The van der Waals surface area contributed by atoms with Gasteiger partial charge in [0.05, 0.1) is 20.1 Å². The van der Waals surface area contributed by atoms with Crippen molar-refractivity contribution in [1.82, 2.24) is 10.3 Å². The van der Waals surface area contributed by atoms with Crippen LogP contribution in [0, 0.1) is 6.92 Å². The fraction of sp³-hybridized carbons (Fsp3) is 0.167. The van der Waals surface area contributed by atoms with E-state index in [1.807, 2.05) is 43.3 Å². The molecule has 8 heteroatoms. The molecule has 0 unspecified atom stereocenters. The molecule has 32 heavy (non-hydrogen) atoms. The number of hydrogen-bond donors (Lipinski definition) is 2. The minimum atomic E-state index is -3.79. The highest BCUT2D eigenvalue weighted by molar-refractivity contribution is 7.92. The molecule has 0 fully saturated rings. The van der Waals surface area contributed by atoms with Crippen LogP contribution in [0.4, 0.5) is 5.69 Å². The van der Waals surface area contributed by atoms with E-state index in [2.05, 4.69) is 15.0 Å². The van der Waals surface area contributed by atoms with E-state index in [1.54, 1.807) is 35.6 Å². The largest absolute Gasteiger partial charge is 0.352 e. The first-order valence-corrected chi connectivity index (χ1v) is 12.5. The topological polar surface area (TPSA) is 88.2 Å². The van der Waals surface area contributed by atoms with Gasteiger partial charge in [-0.3, -0.25) is 9.52 Å². The summed E-state index contributed by atoms with van der Waals surface area (Å²) in [5.41, 5.74) is 2.81. The number of aromatic nitrogens is 1. The van der Waals surface area contributed by atoms with Crippen molar-refractivity contribution < 1.29 is 13.2 Å². The summed E-state index contributed by atoms with van der Waals surface area (Å²) in [7, 11) is -3.79. The highest BCUT2D eigenvalue weighted by Gasteiger charge is 2.16. The maximum Gasteiger partial charge on any atom is 0.261 e. The number of rotatable bonds is 8. The number of para-hydroxylation sites is 1. The van der Waals surface area contributed by atoms with Crippen molar-refractivity contribution in [2.45, 2.75) is 24.7 Å². The third kappa shape index (κ3) is 5.33. The van der Waals surface area contributed by atoms with Gasteiger partial charge in [0.2, 0.25) is 0 Å². The SMILES string of the molecule is Cc1ccc(NS(=O)(=O)c2cccc(C(=O)NCCCc3nc4ccccc4s3)c2)cc1. The predicted octanol–water partition coefficient (Wildman–Crippen LogP) is 4.77. The Morgan fingerprint density at radius 3 is 2.56 bits per heavy atom. The number of anilines is 1. The van der Waals surface area contributed by atoms with Crippen molar-refractivity contribution in [2.75, 3.05) is 11.3 Å². The number of fused-ring (bicyclic) bond motifs is 1. The number of carbonyl (C=O) groups is 1. The average molecular weight is 466 g/mol. The molecule has 0 bridgehead atoms. The lowest BCUT2D eigenvalue weighted by Crippen LogP contribution is -2.25. The molecule has 0 aliphatic heterocycles. The van der Waals surface area contributed by atoms with Crippen molar-refractivity contribution in [2.24, 2.45) is 0 Å². The molecule has 0 saturated carbocycles. The monoisotopic (exact) mass is 465 g/mol. The number of amides is 1. The van der Waals surface area contributed by atoms with Crippen LogP contribution in [0.15, 0.2) is 77.7 Å². The van der Waals surface area contributed by atoms with E-state index >= 15 is 0 Å². The summed E-state index contributed by atoms with van der Waals surface area (Å²) < 4.78 is 29.1. The van der Waals surface area contributed by atoms with Gasteiger partial charge >= 0.3 is 0 Å². The number of carbonyl (C=O) groups excluding carboxylic acids is 1. The molecule has 6 nitrogen and oxygen atoms in total. The summed E-state index contributed by atoms with van der Waals surface area (Å²) in [6.07, 6.45) is 1.52. The number of hydrogen-bond acceptors (Lipinski definition) is 5. The van der Waals surface area contributed by atoms with E-state index in [0.29, 0.717) is 17.8 Å². The molecule has 0 radical (unpaired) electrons. The summed E-state index contributed by atoms with van der Waals surface area (Å²) in [6.45, 7) is 2.41. The molecule has 4 aromatic rings. The molecule has 1 heterocycles. The molecular formula is C24H23N3O3S2. The van der Waals surface area contributed by atoms with E-state index < -0.39 is 10.0 Å². The van der Waals surface area contributed by atoms with Crippen LogP contribution in [0.2, 0.25) is 0 Å². The number of nitrogens with one attached hydrogen (secondary N) is 2. The molecule has 0 aliphatic carbocycles. The van der Waals surface area contributed by atoms with Crippen LogP contribution in [0.25, 0.3) is 10.2 Å². The Labute approximate surface area is 191 Å². The summed E-state index contributed by atoms with van der Waals surface area (Å²) >= 11 is 1.66. The minimum Gasteiger partial charge on any atom is -0.352 e. The zero-order valence-corrected chi connectivity index (χ0v) is 19.2. The zero-order chi connectivity index (χ0) is 22.6. The second-order valence-corrected chi connectivity index (χ2v) is 10.2. The van der Waals surface area contributed by atoms with Gasteiger partial charge in [-0.25, -0.2) is 13.4 Å². The van der Waals surface area contributed by atoms with Gasteiger partial charge < -0.3 is 5.32 Å². The Kier molecular flexibility index (Phi) is 6.53. The lowest BCUT2D eigenvalue weighted by atomic mass is 10.2. The van der Waals surface area contributed by atoms with Crippen LogP contribution >= 0.6 is 11.3 Å². The summed E-state index contributed by atoms with van der Waals surface area (Å²) in [4.78, 5) is 17.2. The van der Waals surface area contributed by atoms with Crippen molar-refractivity contribution in [3.63, 3.8) is 0 Å². The Bertz CT molecular complexity index is 1310. The van der Waals surface area contributed by atoms with Gasteiger partial charge in [-0.1, -0.05) is 35.9 Å². The zero-order valence-electron chi connectivity index (χ0n) is 17.5. The van der Waals surface area contributed by atoms with Gasteiger partial charge in [0.15, 0.2) is 0 Å². The first kappa shape index (κ1) is 22.0. The highest BCUT2D eigenvalue weighted by Crippen LogP contribution is 2.22. The Hall–Kier alpha value is -3.23. The number of nitrogens with zero attached hydrogens (tertiary/aromatic N) is 1. The lowest BCUT2D eigenvalue weighted by molar-refractivity contribution is 0.0953. The molecule has 4 rings (SSSR count). The van der Waals surface area contributed by atoms with Gasteiger partial charge in [0.25, 0.3) is 15.9 Å². The van der Waals surface area contributed by atoms with Gasteiger partial charge in [-0.2, -0.15) is 0 Å². The van der Waals surface area contributed by atoms with Crippen molar-refractivity contribution in [3.8, 4) is 0 Å².